The molecule has 1 rings (SSSR count). The van der Waals surface area contributed by atoms with Crippen molar-refractivity contribution >= 4 is 5.69 Å². The van der Waals surface area contributed by atoms with Crippen LogP contribution in [-0.4, -0.2) is 13.7 Å². The van der Waals surface area contributed by atoms with Crippen molar-refractivity contribution in [1.82, 2.24) is 0 Å². The molecule has 0 aliphatic carbocycles. The van der Waals surface area contributed by atoms with Crippen LogP contribution in [0.1, 0.15) is 12.5 Å². The predicted octanol–water partition coefficient (Wildman–Crippen LogP) is 2.44. The Morgan fingerprint density at radius 2 is 2.21 bits per heavy atom. The van der Waals surface area contributed by atoms with Crippen LogP contribution in [-0.2, 0) is 0 Å². The molecular weight excluding hydrogens is 174 g/mol. The van der Waals surface area contributed by atoms with E-state index in [4.69, 9.17) is 4.74 Å². The number of hydrogen-bond acceptors (Lipinski definition) is 2. The largest absolute Gasteiger partial charge is 0.495 e. The Labute approximate surface area is 85.3 Å². The van der Waals surface area contributed by atoms with Crippen LogP contribution in [0.15, 0.2) is 18.2 Å². The molecule has 0 heterocycles. The topological polar surface area (TPSA) is 21.3 Å². The van der Waals surface area contributed by atoms with Gasteiger partial charge in [-0.05, 0) is 31.5 Å². The predicted molar refractivity (Wildman–Crippen MR) is 59.7 cm³/mol. The van der Waals surface area contributed by atoms with Gasteiger partial charge in [0, 0.05) is 0 Å². The molecule has 2 nitrogen and oxygen atoms in total. The van der Waals surface area contributed by atoms with Crippen LogP contribution in [0.5, 0.6) is 5.75 Å². The van der Waals surface area contributed by atoms with Gasteiger partial charge in [-0.3, -0.25) is 0 Å². The number of methoxy groups -OCH3 is 1. The summed E-state index contributed by atoms with van der Waals surface area (Å²) in [6.45, 7) is 4.52. The van der Waals surface area contributed by atoms with E-state index in [9.17, 15) is 0 Å². The molecule has 0 aliphatic heterocycles. The summed E-state index contributed by atoms with van der Waals surface area (Å²) in [5, 5.41) is 3.19. The molecule has 0 unspecified atom stereocenters. The molecule has 0 saturated carbocycles. The van der Waals surface area contributed by atoms with Crippen molar-refractivity contribution in [3.05, 3.63) is 23.8 Å². The number of aryl methyl sites for hydroxylation is 1. The molecule has 1 aromatic carbocycles. The Kier molecular flexibility index (Phi) is 3.87. The highest BCUT2D eigenvalue weighted by atomic mass is 16.5. The van der Waals surface area contributed by atoms with E-state index < -0.39 is 0 Å². The molecule has 0 aliphatic rings. The quantitative estimate of drug-likeness (QED) is 0.737. The van der Waals surface area contributed by atoms with Gasteiger partial charge in [0.05, 0.1) is 19.3 Å². The highest BCUT2D eigenvalue weighted by Crippen LogP contribution is 2.24. The fraction of sp³-hybridized carbons (Fsp3) is 0.333. The van der Waals surface area contributed by atoms with E-state index in [1.807, 2.05) is 32.0 Å². The van der Waals surface area contributed by atoms with Crippen LogP contribution in [0.3, 0.4) is 0 Å². The molecule has 1 N–H and O–H groups in total. The minimum atomic E-state index is 0.649. The molecule has 0 bridgehead atoms. The number of ether oxygens (including phenoxy) is 1. The highest BCUT2D eigenvalue weighted by molar-refractivity contribution is 5.58. The van der Waals surface area contributed by atoms with Gasteiger partial charge in [-0.2, -0.15) is 0 Å². The third kappa shape index (κ3) is 2.70. The van der Waals surface area contributed by atoms with E-state index >= 15 is 0 Å². The van der Waals surface area contributed by atoms with Gasteiger partial charge in [-0.25, -0.2) is 0 Å². The van der Waals surface area contributed by atoms with Crippen LogP contribution >= 0.6 is 0 Å². The van der Waals surface area contributed by atoms with Crippen LogP contribution in [0.25, 0.3) is 0 Å². The Morgan fingerprint density at radius 3 is 2.86 bits per heavy atom. The van der Waals surface area contributed by atoms with Gasteiger partial charge in [0.15, 0.2) is 0 Å². The fourth-order valence-electron chi connectivity index (χ4n) is 1.17. The summed E-state index contributed by atoms with van der Waals surface area (Å²) in [6, 6.07) is 6.05. The van der Waals surface area contributed by atoms with Gasteiger partial charge in [0.2, 0.25) is 0 Å². The van der Waals surface area contributed by atoms with Gasteiger partial charge < -0.3 is 10.1 Å². The lowest BCUT2D eigenvalue weighted by Gasteiger charge is -2.09. The maximum absolute atomic E-state index is 5.25. The van der Waals surface area contributed by atoms with Crippen LogP contribution < -0.4 is 10.1 Å². The third-order valence-corrected chi connectivity index (χ3v) is 1.90. The number of rotatable bonds is 3. The van der Waals surface area contributed by atoms with Gasteiger partial charge in [0.1, 0.15) is 5.75 Å². The monoisotopic (exact) mass is 189 g/mol. The molecule has 1 aromatic rings. The summed E-state index contributed by atoms with van der Waals surface area (Å²) in [7, 11) is 1.67. The van der Waals surface area contributed by atoms with Crippen molar-refractivity contribution in [2.75, 3.05) is 19.0 Å². The summed E-state index contributed by atoms with van der Waals surface area (Å²) in [5.41, 5.74) is 2.18. The van der Waals surface area contributed by atoms with Gasteiger partial charge in [0.25, 0.3) is 0 Å². The maximum atomic E-state index is 5.25. The molecule has 0 fully saturated rings. The molecule has 14 heavy (non-hydrogen) atoms. The number of anilines is 1. The van der Waals surface area contributed by atoms with Gasteiger partial charge in [-0.15, -0.1) is 5.92 Å². The molecular formula is C12H15NO. The van der Waals surface area contributed by atoms with E-state index in [0.717, 1.165) is 11.4 Å². The molecule has 0 radical (unpaired) electrons. The second-order valence-corrected chi connectivity index (χ2v) is 2.98. The maximum Gasteiger partial charge on any atom is 0.142 e. The van der Waals surface area contributed by atoms with E-state index in [0.29, 0.717) is 6.54 Å². The zero-order valence-electron chi connectivity index (χ0n) is 8.85. The molecule has 0 aromatic heterocycles. The van der Waals surface area contributed by atoms with E-state index in [1.165, 1.54) is 5.56 Å². The Bertz CT molecular complexity index is 360. The van der Waals surface area contributed by atoms with Crippen LogP contribution in [0.4, 0.5) is 5.69 Å². The molecule has 74 valence electrons. The number of nitrogens with one attached hydrogen (secondary N) is 1. The van der Waals surface area contributed by atoms with Crippen molar-refractivity contribution in [3.63, 3.8) is 0 Å². The molecule has 0 saturated heterocycles. The molecule has 0 spiro atoms. The summed E-state index contributed by atoms with van der Waals surface area (Å²) in [6.07, 6.45) is 0. The van der Waals surface area contributed by atoms with Crippen molar-refractivity contribution in [2.45, 2.75) is 13.8 Å². The molecule has 0 atom stereocenters. The van der Waals surface area contributed by atoms with Crippen molar-refractivity contribution in [1.29, 1.82) is 0 Å². The molecule has 2 heteroatoms. The Hall–Kier alpha value is -1.62. The lowest BCUT2D eigenvalue weighted by atomic mass is 10.2. The Morgan fingerprint density at radius 1 is 1.43 bits per heavy atom. The van der Waals surface area contributed by atoms with Crippen molar-refractivity contribution < 1.29 is 4.74 Å². The lowest BCUT2D eigenvalue weighted by Crippen LogP contribution is -2.00. The first-order chi connectivity index (χ1) is 6.77. The SMILES string of the molecule is CC#CCNc1ccc(C)cc1OC. The van der Waals surface area contributed by atoms with Gasteiger partial charge in [-0.1, -0.05) is 12.0 Å². The summed E-state index contributed by atoms with van der Waals surface area (Å²) in [5.74, 6) is 6.64. The minimum absolute atomic E-state index is 0.649. The third-order valence-electron chi connectivity index (χ3n) is 1.90. The van der Waals surface area contributed by atoms with E-state index in [2.05, 4.69) is 17.2 Å². The van der Waals surface area contributed by atoms with E-state index in [1.54, 1.807) is 7.11 Å². The lowest BCUT2D eigenvalue weighted by molar-refractivity contribution is 0.416. The van der Waals surface area contributed by atoms with Crippen molar-refractivity contribution in [3.8, 4) is 17.6 Å². The van der Waals surface area contributed by atoms with Crippen LogP contribution in [0.2, 0.25) is 0 Å². The normalized spacial score (nSPS) is 8.79. The minimum Gasteiger partial charge on any atom is -0.495 e. The summed E-state index contributed by atoms with van der Waals surface area (Å²) in [4.78, 5) is 0. The van der Waals surface area contributed by atoms with Gasteiger partial charge >= 0.3 is 0 Å². The average molecular weight is 189 g/mol. The fourth-order valence-corrected chi connectivity index (χ4v) is 1.17. The second-order valence-electron chi connectivity index (χ2n) is 2.98. The first-order valence-corrected chi connectivity index (χ1v) is 4.56. The van der Waals surface area contributed by atoms with E-state index in [-0.39, 0.29) is 0 Å². The first kappa shape index (κ1) is 10.5. The van der Waals surface area contributed by atoms with Crippen LogP contribution in [0, 0.1) is 18.8 Å². The smallest absolute Gasteiger partial charge is 0.142 e. The first-order valence-electron chi connectivity index (χ1n) is 4.56. The summed E-state index contributed by atoms with van der Waals surface area (Å²) < 4.78 is 5.25. The van der Waals surface area contributed by atoms with Crippen molar-refractivity contribution in [2.24, 2.45) is 0 Å². The average Bonchev–Trinajstić information content (AvgIpc) is 2.20. The second kappa shape index (κ2) is 5.18. The highest BCUT2D eigenvalue weighted by Gasteiger charge is 2.00. The Balaban J connectivity index is 2.78. The zero-order chi connectivity index (χ0) is 10.4. The zero-order valence-corrected chi connectivity index (χ0v) is 8.85. The molecule has 0 amide bonds. The number of hydrogen-bond donors (Lipinski definition) is 1. The standard InChI is InChI=1S/C12H15NO/c1-4-5-8-13-11-7-6-10(2)9-12(11)14-3/h6-7,9,13H,8H2,1-3H3. The number of benzene rings is 1. The summed E-state index contributed by atoms with van der Waals surface area (Å²) >= 11 is 0.